The summed E-state index contributed by atoms with van der Waals surface area (Å²) in [5, 5.41) is 8.81. The summed E-state index contributed by atoms with van der Waals surface area (Å²) in [5.41, 5.74) is 0. The van der Waals surface area contributed by atoms with Crippen molar-refractivity contribution in [2.24, 2.45) is 5.92 Å². The summed E-state index contributed by atoms with van der Waals surface area (Å²) in [6.45, 7) is 7.60. The van der Waals surface area contributed by atoms with Gasteiger partial charge in [0.2, 0.25) is 0 Å². The standard InChI is InChI=1S/C36H73BrO/c1-4-5-6-7-8-9-10-11-14-17-20-23-26-29-32-35(2)36(3,37)33-30-27-24-21-18-15-12-13-16-19-22-25-28-31-34-38/h35,38H,4-34H2,1-3H3. The Morgan fingerprint density at radius 1 is 0.474 bits per heavy atom. The van der Waals surface area contributed by atoms with Crippen LogP contribution in [0, 0.1) is 5.92 Å². The van der Waals surface area contributed by atoms with Gasteiger partial charge < -0.3 is 5.11 Å². The Hall–Kier alpha value is 0.440. The second-order valence-corrected chi connectivity index (χ2v) is 14.8. The Balaban J connectivity index is 3.41. The van der Waals surface area contributed by atoms with Gasteiger partial charge in [-0.1, -0.05) is 203 Å². The predicted octanol–water partition coefficient (Wildman–Crippen LogP) is 13.5. The SMILES string of the molecule is CCCCCCCCCCCCCCCCC(C)C(C)(Br)CCCCCCCCCCCCCCCCO. The quantitative estimate of drug-likeness (QED) is 0.0601. The molecule has 0 heterocycles. The van der Waals surface area contributed by atoms with Crippen LogP contribution in [0.15, 0.2) is 0 Å². The maximum Gasteiger partial charge on any atom is 0.0431 e. The van der Waals surface area contributed by atoms with Gasteiger partial charge in [-0.25, -0.2) is 0 Å². The molecule has 0 aromatic carbocycles. The molecule has 0 fully saturated rings. The van der Waals surface area contributed by atoms with Crippen molar-refractivity contribution in [2.75, 3.05) is 6.61 Å². The lowest BCUT2D eigenvalue weighted by Crippen LogP contribution is -2.25. The van der Waals surface area contributed by atoms with E-state index in [-0.39, 0.29) is 0 Å². The zero-order valence-corrected chi connectivity index (χ0v) is 28.4. The highest BCUT2D eigenvalue weighted by atomic mass is 79.9. The molecule has 2 unspecified atom stereocenters. The fourth-order valence-corrected chi connectivity index (χ4v) is 6.41. The number of alkyl halides is 1. The van der Waals surface area contributed by atoms with Crippen LogP contribution in [0.2, 0.25) is 0 Å². The third kappa shape index (κ3) is 28.0. The van der Waals surface area contributed by atoms with Crippen molar-refractivity contribution in [1.82, 2.24) is 0 Å². The fourth-order valence-electron chi connectivity index (χ4n) is 5.90. The highest BCUT2D eigenvalue weighted by Gasteiger charge is 2.26. The molecule has 0 aromatic heterocycles. The van der Waals surface area contributed by atoms with E-state index in [1.54, 1.807) is 0 Å². The smallest absolute Gasteiger partial charge is 0.0431 e. The summed E-state index contributed by atoms with van der Waals surface area (Å²) in [5.74, 6) is 0.787. The van der Waals surface area contributed by atoms with Crippen molar-refractivity contribution in [1.29, 1.82) is 0 Å². The Bertz CT molecular complexity index is 435. The van der Waals surface area contributed by atoms with Gasteiger partial charge in [0.05, 0.1) is 0 Å². The third-order valence-electron chi connectivity index (χ3n) is 9.09. The van der Waals surface area contributed by atoms with Crippen molar-refractivity contribution in [3.63, 3.8) is 0 Å². The number of aliphatic hydroxyl groups excluding tert-OH is 1. The van der Waals surface area contributed by atoms with E-state index in [0.717, 1.165) is 12.3 Å². The number of unbranched alkanes of at least 4 members (excludes halogenated alkanes) is 26. The molecule has 0 aliphatic carbocycles. The molecule has 0 aliphatic rings. The summed E-state index contributed by atoms with van der Waals surface area (Å²) >= 11 is 4.12. The molecule has 0 spiro atoms. The minimum absolute atomic E-state index is 0.335. The molecule has 0 aromatic rings. The van der Waals surface area contributed by atoms with E-state index in [1.807, 2.05) is 0 Å². The Morgan fingerprint density at radius 3 is 1.11 bits per heavy atom. The first-order chi connectivity index (χ1) is 18.5. The second kappa shape index (κ2) is 30.4. The van der Waals surface area contributed by atoms with Gasteiger partial charge >= 0.3 is 0 Å². The first-order valence-corrected chi connectivity index (χ1v) is 18.6. The summed E-state index contributed by atoms with van der Waals surface area (Å²) in [6.07, 6.45) is 42.2. The fraction of sp³-hybridized carbons (Fsp3) is 1.00. The predicted molar refractivity (Wildman–Crippen MR) is 178 cm³/mol. The number of halogens is 1. The average Bonchev–Trinajstić information content (AvgIpc) is 2.90. The summed E-state index contributed by atoms with van der Waals surface area (Å²) in [7, 11) is 0. The van der Waals surface area contributed by atoms with E-state index in [1.165, 1.54) is 186 Å². The first kappa shape index (κ1) is 38.4. The van der Waals surface area contributed by atoms with Gasteiger partial charge in [0.25, 0.3) is 0 Å². The molecule has 0 radical (unpaired) electrons. The summed E-state index contributed by atoms with van der Waals surface area (Å²) in [4.78, 5) is 0. The molecular weight excluding hydrogens is 528 g/mol. The average molecular weight is 602 g/mol. The van der Waals surface area contributed by atoms with E-state index in [4.69, 9.17) is 5.11 Å². The Kier molecular flexibility index (Phi) is 30.8. The normalized spacial score (nSPS) is 14.1. The Morgan fingerprint density at radius 2 is 0.763 bits per heavy atom. The minimum Gasteiger partial charge on any atom is -0.396 e. The van der Waals surface area contributed by atoms with Crippen LogP contribution in [-0.4, -0.2) is 16.0 Å². The van der Waals surface area contributed by atoms with Crippen LogP contribution in [0.5, 0.6) is 0 Å². The van der Waals surface area contributed by atoms with Gasteiger partial charge in [0.1, 0.15) is 0 Å². The lowest BCUT2D eigenvalue weighted by molar-refractivity contribution is 0.282. The van der Waals surface area contributed by atoms with Crippen molar-refractivity contribution >= 4 is 15.9 Å². The van der Waals surface area contributed by atoms with Crippen LogP contribution in [0.3, 0.4) is 0 Å². The zero-order valence-electron chi connectivity index (χ0n) is 26.8. The summed E-state index contributed by atoms with van der Waals surface area (Å²) in [6, 6.07) is 0. The molecule has 0 aliphatic heterocycles. The van der Waals surface area contributed by atoms with Gasteiger partial charge in [-0.3, -0.25) is 0 Å². The number of rotatable bonds is 32. The van der Waals surface area contributed by atoms with Crippen molar-refractivity contribution < 1.29 is 5.11 Å². The van der Waals surface area contributed by atoms with E-state index < -0.39 is 0 Å². The maximum atomic E-state index is 8.81. The van der Waals surface area contributed by atoms with E-state index >= 15 is 0 Å². The molecule has 1 N–H and O–H groups in total. The molecular formula is C36H73BrO. The third-order valence-corrected chi connectivity index (χ3v) is 10.3. The molecule has 1 nitrogen and oxygen atoms in total. The van der Waals surface area contributed by atoms with Gasteiger partial charge in [-0.15, -0.1) is 0 Å². The topological polar surface area (TPSA) is 20.2 Å². The van der Waals surface area contributed by atoms with E-state index in [2.05, 4.69) is 36.7 Å². The molecule has 0 rings (SSSR count). The van der Waals surface area contributed by atoms with Crippen LogP contribution in [-0.2, 0) is 0 Å². The van der Waals surface area contributed by atoms with Crippen LogP contribution in [0.1, 0.15) is 213 Å². The second-order valence-electron chi connectivity index (χ2n) is 13.0. The van der Waals surface area contributed by atoms with Gasteiger partial charge in [-0.2, -0.15) is 0 Å². The minimum atomic E-state index is 0.335. The van der Waals surface area contributed by atoms with Gasteiger partial charge in [0, 0.05) is 10.9 Å². The lowest BCUT2D eigenvalue weighted by atomic mass is 9.86. The van der Waals surface area contributed by atoms with E-state index in [9.17, 15) is 0 Å². The zero-order chi connectivity index (χ0) is 28.0. The maximum absolute atomic E-state index is 8.81. The largest absolute Gasteiger partial charge is 0.396 e. The van der Waals surface area contributed by atoms with Gasteiger partial charge in [0.15, 0.2) is 0 Å². The molecule has 0 amide bonds. The number of hydrogen-bond donors (Lipinski definition) is 1. The van der Waals surface area contributed by atoms with Crippen molar-refractivity contribution in [3.05, 3.63) is 0 Å². The van der Waals surface area contributed by atoms with Crippen molar-refractivity contribution in [3.8, 4) is 0 Å². The monoisotopic (exact) mass is 600 g/mol. The van der Waals surface area contributed by atoms with Crippen LogP contribution in [0.25, 0.3) is 0 Å². The molecule has 0 saturated carbocycles. The van der Waals surface area contributed by atoms with Crippen LogP contribution >= 0.6 is 15.9 Å². The molecule has 2 heteroatoms. The van der Waals surface area contributed by atoms with Crippen LogP contribution in [0.4, 0.5) is 0 Å². The lowest BCUT2D eigenvalue weighted by Gasteiger charge is -2.30. The summed E-state index contributed by atoms with van der Waals surface area (Å²) < 4.78 is 0.335. The number of hydrogen-bond acceptors (Lipinski definition) is 1. The molecule has 2 atom stereocenters. The molecule has 0 saturated heterocycles. The van der Waals surface area contributed by atoms with E-state index in [0.29, 0.717) is 10.9 Å². The van der Waals surface area contributed by atoms with Crippen LogP contribution < -0.4 is 0 Å². The molecule has 230 valence electrons. The molecule has 38 heavy (non-hydrogen) atoms. The number of aliphatic hydroxyl groups is 1. The van der Waals surface area contributed by atoms with Gasteiger partial charge in [-0.05, 0) is 32.1 Å². The molecule has 0 bridgehead atoms. The Labute approximate surface area is 250 Å². The highest BCUT2D eigenvalue weighted by molar-refractivity contribution is 9.10. The van der Waals surface area contributed by atoms with Crippen molar-refractivity contribution in [2.45, 2.75) is 218 Å². The highest BCUT2D eigenvalue weighted by Crippen LogP contribution is 2.36. The first-order valence-electron chi connectivity index (χ1n) is 17.8.